The lowest BCUT2D eigenvalue weighted by Crippen LogP contribution is -2.54. The van der Waals surface area contributed by atoms with E-state index in [1.807, 2.05) is 13.8 Å². The van der Waals surface area contributed by atoms with Gasteiger partial charge in [-0.3, -0.25) is 14.9 Å². The number of carboxylic acids is 1. The van der Waals surface area contributed by atoms with Crippen LogP contribution < -0.4 is 15.0 Å². The number of imide groups is 2. The van der Waals surface area contributed by atoms with Crippen LogP contribution in [0.3, 0.4) is 0 Å². The molecule has 0 aliphatic carbocycles. The molecule has 37 heavy (non-hydrogen) atoms. The van der Waals surface area contributed by atoms with Crippen LogP contribution in [0, 0.1) is 13.8 Å². The van der Waals surface area contributed by atoms with Gasteiger partial charge in [0.15, 0.2) is 0 Å². The Bertz CT molecular complexity index is 1480. The number of hydrogen-bond donors (Lipinski definition) is 2. The van der Waals surface area contributed by atoms with E-state index in [9.17, 15) is 19.2 Å². The van der Waals surface area contributed by atoms with Crippen LogP contribution in [0.2, 0.25) is 0 Å². The molecule has 1 aliphatic heterocycles. The highest BCUT2D eigenvalue weighted by Crippen LogP contribution is 2.36. The second kappa shape index (κ2) is 10.7. The van der Waals surface area contributed by atoms with Crippen molar-refractivity contribution in [3.05, 3.63) is 96.9 Å². The van der Waals surface area contributed by atoms with Crippen LogP contribution in [-0.2, 0) is 16.2 Å². The van der Waals surface area contributed by atoms with E-state index in [-0.39, 0.29) is 17.7 Å². The fourth-order valence-corrected chi connectivity index (χ4v) is 5.02. The van der Waals surface area contributed by atoms with Crippen LogP contribution >= 0.6 is 31.9 Å². The molecule has 188 valence electrons. The lowest BCUT2D eigenvalue weighted by molar-refractivity contribution is -0.122. The molecule has 10 heteroatoms. The summed E-state index contributed by atoms with van der Waals surface area (Å²) in [7, 11) is 0. The average Bonchev–Trinajstić information content (AvgIpc) is 2.83. The number of nitrogens with zero attached hydrogens (tertiary/aromatic N) is 1. The molecule has 1 fully saturated rings. The van der Waals surface area contributed by atoms with Crippen LogP contribution in [0.5, 0.6) is 5.75 Å². The Balaban J connectivity index is 1.69. The molecule has 0 atom stereocenters. The monoisotopic (exact) mass is 626 g/mol. The molecule has 1 heterocycles. The number of aromatic carboxylic acids is 1. The summed E-state index contributed by atoms with van der Waals surface area (Å²) in [4.78, 5) is 50.7. The number of carboxylic acid groups (broad SMARTS) is 1. The van der Waals surface area contributed by atoms with E-state index < -0.39 is 23.8 Å². The highest BCUT2D eigenvalue weighted by Gasteiger charge is 2.37. The summed E-state index contributed by atoms with van der Waals surface area (Å²) in [6.45, 7) is 3.88. The third kappa shape index (κ3) is 5.65. The van der Waals surface area contributed by atoms with Crippen molar-refractivity contribution in [1.82, 2.24) is 5.32 Å². The minimum atomic E-state index is -1.03. The molecule has 3 aromatic carbocycles. The second-order valence-corrected chi connectivity index (χ2v) is 10.1. The molecule has 0 unspecified atom stereocenters. The minimum Gasteiger partial charge on any atom is -0.487 e. The van der Waals surface area contributed by atoms with Crippen molar-refractivity contribution in [3.8, 4) is 5.75 Å². The molecule has 4 rings (SSSR count). The largest absolute Gasteiger partial charge is 0.487 e. The molecule has 0 bridgehead atoms. The Morgan fingerprint density at radius 3 is 2.35 bits per heavy atom. The van der Waals surface area contributed by atoms with Gasteiger partial charge in [-0.25, -0.2) is 14.5 Å². The van der Waals surface area contributed by atoms with Crippen molar-refractivity contribution < 1.29 is 29.0 Å². The number of aryl methyl sites for hydroxylation is 2. The van der Waals surface area contributed by atoms with E-state index in [1.165, 1.54) is 18.2 Å². The van der Waals surface area contributed by atoms with Crippen LogP contribution in [0.15, 0.2) is 69.1 Å². The maximum atomic E-state index is 13.4. The van der Waals surface area contributed by atoms with E-state index in [4.69, 9.17) is 9.84 Å². The number of halogens is 2. The molecule has 4 amide bonds. The van der Waals surface area contributed by atoms with Gasteiger partial charge in [0, 0.05) is 10.0 Å². The van der Waals surface area contributed by atoms with Crippen molar-refractivity contribution in [3.63, 3.8) is 0 Å². The Kier molecular flexibility index (Phi) is 7.60. The standard InChI is InChI=1S/C27H20Br2N2O6/c1-14-3-8-20(9-15(14)2)31-25(33)21(24(32)30-27(31)36)11-18-10-19(28)12-22(29)23(18)37-13-16-4-6-17(7-5-16)26(34)35/h3-12H,13H2,1-2H3,(H,34,35)(H,30,32,36)/b21-11+. The molecular formula is C27H20Br2N2O6. The first kappa shape index (κ1) is 26.3. The van der Waals surface area contributed by atoms with Crippen molar-refractivity contribution in [2.45, 2.75) is 20.5 Å². The summed E-state index contributed by atoms with van der Waals surface area (Å²) >= 11 is 6.87. The molecule has 2 N–H and O–H groups in total. The van der Waals surface area contributed by atoms with Gasteiger partial charge in [-0.05, 0) is 88.9 Å². The van der Waals surface area contributed by atoms with Gasteiger partial charge < -0.3 is 9.84 Å². The summed E-state index contributed by atoms with van der Waals surface area (Å²) in [6.07, 6.45) is 1.37. The van der Waals surface area contributed by atoms with Gasteiger partial charge in [0.1, 0.15) is 17.9 Å². The van der Waals surface area contributed by atoms with Crippen molar-refractivity contribution in [1.29, 1.82) is 0 Å². The van der Waals surface area contributed by atoms with Gasteiger partial charge in [0.25, 0.3) is 11.8 Å². The van der Waals surface area contributed by atoms with Crippen molar-refractivity contribution >= 4 is 67.4 Å². The SMILES string of the molecule is Cc1ccc(N2C(=O)NC(=O)/C(=C\c3cc(Br)cc(Br)c3OCc3ccc(C(=O)O)cc3)C2=O)cc1C. The Labute approximate surface area is 229 Å². The number of benzene rings is 3. The maximum Gasteiger partial charge on any atom is 0.335 e. The number of nitrogens with one attached hydrogen (secondary N) is 1. The fourth-order valence-electron chi connectivity index (χ4n) is 3.65. The lowest BCUT2D eigenvalue weighted by Gasteiger charge is -2.27. The van der Waals surface area contributed by atoms with Gasteiger partial charge in [-0.15, -0.1) is 0 Å². The van der Waals surface area contributed by atoms with Crippen molar-refractivity contribution in [2.24, 2.45) is 0 Å². The predicted octanol–water partition coefficient (Wildman–Crippen LogP) is 5.77. The summed E-state index contributed by atoms with van der Waals surface area (Å²) in [5.41, 5.74) is 3.29. The molecule has 0 aromatic heterocycles. The van der Waals surface area contributed by atoms with E-state index in [1.54, 1.807) is 42.5 Å². The van der Waals surface area contributed by atoms with E-state index >= 15 is 0 Å². The summed E-state index contributed by atoms with van der Waals surface area (Å²) in [5, 5.41) is 11.3. The second-order valence-electron chi connectivity index (χ2n) is 8.32. The first-order chi connectivity index (χ1) is 17.5. The zero-order valence-corrected chi connectivity index (χ0v) is 22.8. The zero-order valence-electron chi connectivity index (χ0n) is 19.7. The normalized spacial score (nSPS) is 14.6. The quantitative estimate of drug-likeness (QED) is 0.265. The van der Waals surface area contributed by atoms with Crippen molar-refractivity contribution in [2.75, 3.05) is 4.90 Å². The van der Waals surface area contributed by atoms with Gasteiger partial charge in [-0.2, -0.15) is 0 Å². The molecule has 1 aliphatic rings. The summed E-state index contributed by atoms with van der Waals surface area (Å²) in [6, 6.07) is 14.0. The number of hydrogen-bond acceptors (Lipinski definition) is 5. The number of carbonyl (C=O) groups excluding carboxylic acids is 3. The van der Waals surface area contributed by atoms with E-state index in [0.717, 1.165) is 21.6 Å². The van der Waals surface area contributed by atoms with Gasteiger partial charge in [-0.1, -0.05) is 34.1 Å². The number of rotatable bonds is 6. The van der Waals surface area contributed by atoms with E-state index in [0.29, 0.717) is 25.9 Å². The Morgan fingerprint density at radius 1 is 1.00 bits per heavy atom. The lowest BCUT2D eigenvalue weighted by atomic mass is 10.0. The number of ether oxygens (including phenoxy) is 1. The molecule has 8 nitrogen and oxygen atoms in total. The molecule has 0 saturated carbocycles. The Morgan fingerprint density at radius 2 is 1.70 bits per heavy atom. The van der Waals surface area contributed by atoms with Crippen LogP contribution in [0.25, 0.3) is 6.08 Å². The molecule has 0 spiro atoms. The molecular weight excluding hydrogens is 608 g/mol. The average molecular weight is 628 g/mol. The highest BCUT2D eigenvalue weighted by atomic mass is 79.9. The topological polar surface area (TPSA) is 113 Å². The van der Waals surface area contributed by atoms with Crippen LogP contribution in [0.4, 0.5) is 10.5 Å². The first-order valence-corrected chi connectivity index (χ1v) is 12.6. The number of urea groups is 1. The minimum absolute atomic E-state index is 0.101. The van der Waals surface area contributed by atoms with E-state index in [2.05, 4.69) is 37.2 Å². The smallest absolute Gasteiger partial charge is 0.335 e. The predicted molar refractivity (Wildman–Crippen MR) is 144 cm³/mol. The number of barbiturate groups is 1. The number of anilines is 1. The van der Waals surface area contributed by atoms with Gasteiger partial charge in [0.05, 0.1) is 15.7 Å². The third-order valence-electron chi connectivity index (χ3n) is 5.77. The summed E-state index contributed by atoms with van der Waals surface area (Å²) in [5.74, 6) is -2.25. The zero-order chi connectivity index (χ0) is 26.9. The van der Waals surface area contributed by atoms with Crippen LogP contribution in [0.1, 0.15) is 32.6 Å². The van der Waals surface area contributed by atoms with Gasteiger partial charge >= 0.3 is 12.0 Å². The molecule has 3 aromatic rings. The first-order valence-electron chi connectivity index (χ1n) is 11.0. The highest BCUT2D eigenvalue weighted by molar-refractivity contribution is 9.11. The molecule has 0 radical (unpaired) electrons. The summed E-state index contributed by atoms with van der Waals surface area (Å²) < 4.78 is 7.22. The molecule has 1 saturated heterocycles. The Hall–Kier alpha value is -3.76. The number of amides is 4. The van der Waals surface area contributed by atoms with Crippen LogP contribution in [-0.4, -0.2) is 28.9 Å². The third-order valence-corrected chi connectivity index (χ3v) is 6.82. The maximum absolute atomic E-state index is 13.4. The fraction of sp³-hybridized carbons (Fsp3) is 0.111. The van der Waals surface area contributed by atoms with Gasteiger partial charge in [0.2, 0.25) is 0 Å². The number of carbonyl (C=O) groups is 4.